The second-order valence-corrected chi connectivity index (χ2v) is 13.9. The number of carbonyl (C=O) groups is 5. The van der Waals surface area contributed by atoms with Gasteiger partial charge in [-0.15, -0.1) is 0 Å². The monoisotopic (exact) mass is 647 g/mol. The first kappa shape index (κ1) is 39.1. The van der Waals surface area contributed by atoms with Gasteiger partial charge in [0.1, 0.15) is 17.2 Å². The van der Waals surface area contributed by atoms with Crippen molar-refractivity contribution in [2.45, 2.75) is 85.2 Å². The number of carboxylic acid groups (broad SMARTS) is 1. The van der Waals surface area contributed by atoms with Gasteiger partial charge >= 0.3 is 24.2 Å². The summed E-state index contributed by atoms with van der Waals surface area (Å²) in [6, 6.07) is -1.03. The maximum Gasteiger partial charge on any atom is 0.410 e. The van der Waals surface area contributed by atoms with Crippen molar-refractivity contribution in [3.05, 3.63) is 0 Å². The van der Waals surface area contributed by atoms with E-state index in [1.165, 1.54) is 26.5 Å². The van der Waals surface area contributed by atoms with Crippen molar-refractivity contribution in [1.29, 1.82) is 0 Å². The number of nitrogens with one attached hydrogen (secondary N) is 1. The van der Waals surface area contributed by atoms with Crippen LogP contribution in [0.3, 0.4) is 0 Å². The van der Waals surface area contributed by atoms with Crippen LogP contribution in [0.1, 0.15) is 61.8 Å². The average Bonchev–Trinajstić information content (AvgIpc) is 2.85. The Morgan fingerprint density at radius 2 is 1.16 bits per heavy atom. The Bertz CT molecular complexity index is 968. The zero-order valence-corrected chi connectivity index (χ0v) is 28.7. The van der Waals surface area contributed by atoms with Crippen molar-refractivity contribution in [2.75, 3.05) is 70.9 Å². The van der Waals surface area contributed by atoms with Gasteiger partial charge in [0.05, 0.1) is 12.6 Å². The first-order chi connectivity index (χ1) is 20.3. The second-order valence-electron chi connectivity index (χ2n) is 12.9. The van der Waals surface area contributed by atoms with Crippen LogP contribution < -0.4 is 5.32 Å². The Morgan fingerprint density at radius 1 is 0.750 bits per heavy atom. The minimum absolute atomic E-state index is 0.109. The highest BCUT2D eigenvalue weighted by Crippen LogP contribution is 2.14. The predicted octanol–water partition coefficient (Wildman–Crippen LogP) is 2.95. The van der Waals surface area contributed by atoms with E-state index in [1.54, 1.807) is 60.3 Å². The van der Waals surface area contributed by atoms with Crippen LogP contribution in [0.25, 0.3) is 0 Å². The Labute approximate surface area is 266 Å². The molecule has 0 aromatic heterocycles. The van der Waals surface area contributed by atoms with Gasteiger partial charge in [0.15, 0.2) is 0 Å². The van der Waals surface area contributed by atoms with Gasteiger partial charge in [0, 0.05) is 52.4 Å². The lowest BCUT2D eigenvalue weighted by Crippen LogP contribution is -2.52. The molecule has 0 bridgehead atoms. The Hall–Kier alpha value is -2.94. The summed E-state index contributed by atoms with van der Waals surface area (Å²) < 4.78 is 16.6. The SMILES string of the molecule is CSCCC(NC(=O)CN1CCN(C(=O)OC(C)C)CCN(C(=O)OC(C)(C)C)CCN(C(=O)OC(C)(C)C)CC1)C(=O)O. The van der Waals surface area contributed by atoms with Gasteiger partial charge in [0.25, 0.3) is 0 Å². The molecule has 1 saturated heterocycles. The highest BCUT2D eigenvalue weighted by molar-refractivity contribution is 7.98. The fourth-order valence-corrected chi connectivity index (χ4v) is 4.50. The van der Waals surface area contributed by atoms with Gasteiger partial charge in [-0.25, -0.2) is 19.2 Å². The van der Waals surface area contributed by atoms with Crippen LogP contribution in [-0.4, -0.2) is 149 Å². The van der Waals surface area contributed by atoms with Gasteiger partial charge in [-0.3, -0.25) is 9.69 Å². The van der Waals surface area contributed by atoms with Gasteiger partial charge in [-0.2, -0.15) is 11.8 Å². The minimum Gasteiger partial charge on any atom is -0.480 e. The van der Waals surface area contributed by atoms with E-state index in [0.29, 0.717) is 5.75 Å². The zero-order valence-electron chi connectivity index (χ0n) is 27.8. The van der Waals surface area contributed by atoms with E-state index in [4.69, 9.17) is 14.2 Å². The van der Waals surface area contributed by atoms with E-state index < -0.39 is 47.4 Å². The predicted molar refractivity (Wildman–Crippen MR) is 168 cm³/mol. The van der Waals surface area contributed by atoms with Gasteiger partial charge in [0.2, 0.25) is 5.91 Å². The molecule has 0 aromatic carbocycles. The molecule has 1 heterocycles. The Kier molecular flexibility index (Phi) is 16.1. The number of amides is 4. The number of carboxylic acids is 1. The van der Waals surface area contributed by atoms with E-state index in [9.17, 15) is 29.1 Å². The molecule has 0 saturated carbocycles. The molecule has 1 fully saturated rings. The molecule has 44 heavy (non-hydrogen) atoms. The highest BCUT2D eigenvalue weighted by atomic mass is 32.2. The minimum atomic E-state index is -1.12. The molecule has 1 aliphatic heterocycles. The van der Waals surface area contributed by atoms with Crippen LogP contribution in [0.4, 0.5) is 14.4 Å². The van der Waals surface area contributed by atoms with E-state index in [0.717, 1.165) is 0 Å². The third kappa shape index (κ3) is 16.2. The van der Waals surface area contributed by atoms with E-state index in [1.807, 2.05) is 6.26 Å². The fourth-order valence-electron chi connectivity index (χ4n) is 4.03. The smallest absolute Gasteiger partial charge is 0.410 e. The molecule has 4 amide bonds. The molecule has 1 unspecified atom stereocenters. The van der Waals surface area contributed by atoms with Gasteiger partial charge < -0.3 is 39.3 Å². The third-order valence-corrected chi connectivity index (χ3v) is 6.81. The Balaban J connectivity index is 3.29. The molecule has 1 atom stereocenters. The molecule has 2 N–H and O–H groups in total. The quantitative estimate of drug-likeness (QED) is 0.373. The van der Waals surface area contributed by atoms with E-state index in [-0.39, 0.29) is 71.4 Å². The molecule has 0 aliphatic carbocycles. The molecule has 15 heteroatoms. The number of nitrogens with zero attached hydrogens (tertiary/aromatic N) is 4. The summed E-state index contributed by atoms with van der Waals surface area (Å²) in [6.07, 6.45) is 0.0407. The van der Waals surface area contributed by atoms with Gasteiger partial charge in [-0.1, -0.05) is 0 Å². The molecular formula is C29H53N5O9S. The topological polar surface area (TPSA) is 158 Å². The molecule has 0 spiro atoms. The van der Waals surface area contributed by atoms with Crippen molar-refractivity contribution < 1.29 is 43.3 Å². The standard InChI is InChI=1S/C29H53N5O9S/c1-21(2)41-25(38)32-13-11-31(20-23(35)30-22(24(36)37)10-19-44-9)12-14-33(26(39)42-28(3,4)5)17-18-34(16-15-32)27(40)43-29(6,7)8/h21-22H,10-20H2,1-9H3,(H,30,35)(H,36,37). The summed E-state index contributed by atoms with van der Waals surface area (Å²) in [5, 5.41) is 12.1. The number of ether oxygens (including phenoxy) is 3. The lowest BCUT2D eigenvalue weighted by atomic mass is 10.2. The average molecular weight is 648 g/mol. The lowest BCUT2D eigenvalue weighted by Gasteiger charge is -2.35. The molecule has 254 valence electrons. The lowest BCUT2D eigenvalue weighted by molar-refractivity contribution is -0.142. The number of hydrogen-bond acceptors (Lipinski definition) is 10. The summed E-state index contributed by atoms with van der Waals surface area (Å²) in [6.45, 7) is 15.0. The van der Waals surface area contributed by atoms with Crippen LogP contribution >= 0.6 is 11.8 Å². The van der Waals surface area contributed by atoms with Crippen molar-refractivity contribution in [1.82, 2.24) is 24.9 Å². The summed E-state index contributed by atoms with van der Waals surface area (Å²) in [5.74, 6) is -1.03. The number of rotatable bonds is 8. The number of thioether (sulfide) groups is 1. The summed E-state index contributed by atoms with van der Waals surface area (Å²) in [4.78, 5) is 70.1. The van der Waals surface area contributed by atoms with Crippen LogP contribution in [-0.2, 0) is 23.8 Å². The summed E-state index contributed by atoms with van der Waals surface area (Å²) >= 11 is 1.49. The first-order valence-electron chi connectivity index (χ1n) is 15.0. The summed E-state index contributed by atoms with van der Waals surface area (Å²) in [5.41, 5.74) is -1.51. The largest absolute Gasteiger partial charge is 0.480 e. The number of hydrogen-bond donors (Lipinski definition) is 2. The highest BCUT2D eigenvalue weighted by Gasteiger charge is 2.29. The van der Waals surface area contributed by atoms with Crippen molar-refractivity contribution in [2.24, 2.45) is 0 Å². The molecule has 1 aliphatic rings. The molecule has 1 rings (SSSR count). The number of aliphatic carboxylic acids is 1. The van der Waals surface area contributed by atoms with Gasteiger partial charge in [-0.05, 0) is 73.8 Å². The fraction of sp³-hybridized carbons (Fsp3) is 0.828. The van der Waals surface area contributed by atoms with Crippen LogP contribution in [0.5, 0.6) is 0 Å². The van der Waals surface area contributed by atoms with E-state index in [2.05, 4.69) is 5.32 Å². The Morgan fingerprint density at radius 3 is 1.52 bits per heavy atom. The van der Waals surface area contributed by atoms with Crippen LogP contribution in [0.2, 0.25) is 0 Å². The maximum absolute atomic E-state index is 13.2. The third-order valence-electron chi connectivity index (χ3n) is 6.16. The normalized spacial score (nSPS) is 16.8. The number of carbonyl (C=O) groups excluding carboxylic acids is 4. The van der Waals surface area contributed by atoms with Crippen molar-refractivity contribution >= 4 is 41.9 Å². The molecule has 0 radical (unpaired) electrons. The molecular weight excluding hydrogens is 594 g/mol. The van der Waals surface area contributed by atoms with Crippen molar-refractivity contribution in [3.63, 3.8) is 0 Å². The first-order valence-corrected chi connectivity index (χ1v) is 16.4. The second kappa shape index (κ2) is 18.1. The van der Waals surface area contributed by atoms with Crippen molar-refractivity contribution in [3.8, 4) is 0 Å². The molecule has 14 nitrogen and oxygen atoms in total. The summed E-state index contributed by atoms with van der Waals surface area (Å²) in [7, 11) is 0. The van der Waals surface area contributed by atoms with Crippen LogP contribution in [0, 0.1) is 0 Å². The maximum atomic E-state index is 13.2. The molecule has 0 aromatic rings. The zero-order chi connectivity index (χ0) is 33.7. The van der Waals surface area contributed by atoms with E-state index >= 15 is 0 Å². The van der Waals surface area contributed by atoms with Crippen LogP contribution in [0.15, 0.2) is 0 Å².